The summed E-state index contributed by atoms with van der Waals surface area (Å²) in [5.41, 5.74) is 3.82. The molecular formula is C17H26N6. The van der Waals surface area contributed by atoms with E-state index in [0.29, 0.717) is 11.3 Å². The number of rotatable bonds is 5. The molecule has 2 fully saturated rings. The minimum absolute atomic E-state index is 0.318. The zero-order chi connectivity index (χ0) is 15.9. The molecule has 6 nitrogen and oxygen atoms in total. The molecule has 23 heavy (non-hydrogen) atoms. The van der Waals surface area contributed by atoms with Gasteiger partial charge in [-0.2, -0.15) is 5.10 Å². The van der Waals surface area contributed by atoms with Crippen LogP contribution in [-0.2, 0) is 13.1 Å². The van der Waals surface area contributed by atoms with Gasteiger partial charge in [0.2, 0.25) is 0 Å². The Bertz CT molecular complexity index is 675. The van der Waals surface area contributed by atoms with Crippen LogP contribution in [0.1, 0.15) is 48.7 Å². The lowest BCUT2D eigenvalue weighted by Crippen LogP contribution is -2.28. The maximum atomic E-state index is 4.62. The highest BCUT2D eigenvalue weighted by Crippen LogP contribution is 2.48. The minimum Gasteiger partial charge on any atom is -0.316 e. The van der Waals surface area contributed by atoms with Crippen molar-refractivity contribution in [1.82, 2.24) is 30.1 Å². The molecule has 0 unspecified atom stereocenters. The first-order valence-corrected chi connectivity index (χ1v) is 8.75. The molecule has 1 atom stereocenters. The van der Waals surface area contributed by atoms with Gasteiger partial charge in [-0.15, -0.1) is 5.10 Å². The van der Waals surface area contributed by atoms with Crippen molar-refractivity contribution >= 4 is 0 Å². The summed E-state index contributed by atoms with van der Waals surface area (Å²) in [6.07, 6.45) is 7.14. The van der Waals surface area contributed by atoms with Gasteiger partial charge in [0, 0.05) is 36.3 Å². The van der Waals surface area contributed by atoms with E-state index in [2.05, 4.69) is 56.2 Å². The van der Waals surface area contributed by atoms with E-state index in [1.54, 1.807) is 0 Å². The standard InChI is InChI=1S/C17H26N6/c1-13-8-14(2)23(20-13)12-17(5-6-17)11-22-10-16(19-21-22)15-4-3-7-18-9-15/h8,10,15,18H,3-7,9,11-12H2,1-2H3/t15-/m1/s1. The SMILES string of the molecule is Cc1cc(C)n(CC2(Cn3cc([C@@H]4CCCNC4)nn3)CC2)n1. The van der Waals surface area contributed by atoms with Gasteiger partial charge in [-0.05, 0) is 52.1 Å². The monoisotopic (exact) mass is 314 g/mol. The average Bonchev–Trinajstić information content (AvgIpc) is 2.99. The van der Waals surface area contributed by atoms with Gasteiger partial charge in [0.25, 0.3) is 0 Å². The second-order valence-corrected chi connectivity index (χ2v) is 7.47. The van der Waals surface area contributed by atoms with Crippen LogP contribution in [0.3, 0.4) is 0 Å². The second kappa shape index (κ2) is 5.74. The first kappa shape index (κ1) is 14.9. The highest BCUT2D eigenvalue weighted by atomic mass is 15.4. The van der Waals surface area contributed by atoms with Crippen molar-refractivity contribution in [3.8, 4) is 0 Å². The van der Waals surface area contributed by atoms with E-state index in [0.717, 1.165) is 37.6 Å². The van der Waals surface area contributed by atoms with E-state index in [1.807, 2.05) is 0 Å². The Morgan fingerprint density at radius 1 is 1.30 bits per heavy atom. The zero-order valence-corrected chi connectivity index (χ0v) is 14.1. The van der Waals surface area contributed by atoms with Crippen LogP contribution in [0.5, 0.6) is 0 Å². The minimum atomic E-state index is 0.318. The molecule has 124 valence electrons. The van der Waals surface area contributed by atoms with Gasteiger partial charge in [-0.25, -0.2) is 0 Å². The van der Waals surface area contributed by atoms with Gasteiger partial charge < -0.3 is 5.32 Å². The van der Waals surface area contributed by atoms with Crippen molar-refractivity contribution in [2.45, 2.75) is 58.5 Å². The summed E-state index contributed by atoms with van der Waals surface area (Å²) in [5.74, 6) is 0.531. The van der Waals surface area contributed by atoms with Crippen molar-refractivity contribution in [2.75, 3.05) is 13.1 Å². The van der Waals surface area contributed by atoms with Crippen molar-refractivity contribution in [3.63, 3.8) is 0 Å². The third kappa shape index (κ3) is 3.17. The van der Waals surface area contributed by atoms with Crippen LogP contribution in [0, 0.1) is 19.3 Å². The third-order valence-corrected chi connectivity index (χ3v) is 5.31. The summed E-state index contributed by atoms with van der Waals surface area (Å²) in [5, 5.41) is 16.9. The lowest BCUT2D eigenvalue weighted by Gasteiger charge is -2.20. The number of nitrogens with zero attached hydrogens (tertiary/aromatic N) is 5. The molecular weight excluding hydrogens is 288 g/mol. The Hall–Kier alpha value is -1.69. The topological polar surface area (TPSA) is 60.6 Å². The molecule has 4 rings (SSSR count). The molecule has 0 spiro atoms. The van der Waals surface area contributed by atoms with Crippen molar-refractivity contribution in [1.29, 1.82) is 0 Å². The van der Waals surface area contributed by atoms with Gasteiger partial charge >= 0.3 is 0 Å². The van der Waals surface area contributed by atoms with Crippen LogP contribution in [-0.4, -0.2) is 37.9 Å². The molecule has 1 aliphatic carbocycles. The van der Waals surface area contributed by atoms with E-state index < -0.39 is 0 Å². The summed E-state index contributed by atoms with van der Waals surface area (Å²) < 4.78 is 4.22. The molecule has 1 saturated carbocycles. The predicted octanol–water partition coefficient (Wildman–Crippen LogP) is 2.04. The highest BCUT2D eigenvalue weighted by Gasteiger charge is 2.44. The maximum absolute atomic E-state index is 4.62. The van der Waals surface area contributed by atoms with E-state index >= 15 is 0 Å². The molecule has 6 heteroatoms. The predicted molar refractivity (Wildman–Crippen MR) is 88.2 cm³/mol. The summed E-state index contributed by atoms with van der Waals surface area (Å²) in [4.78, 5) is 0. The fourth-order valence-electron chi connectivity index (χ4n) is 3.72. The summed E-state index contributed by atoms with van der Waals surface area (Å²) in [6, 6.07) is 2.15. The van der Waals surface area contributed by atoms with E-state index in [1.165, 1.54) is 31.4 Å². The fourth-order valence-corrected chi connectivity index (χ4v) is 3.72. The number of hydrogen-bond donors (Lipinski definition) is 1. The first-order chi connectivity index (χ1) is 11.1. The average molecular weight is 314 g/mol. The van der Waals surface area contributed by atoms with Gasteiger partial charge in [-0.1, -0.05) is 5.21 Å². The molecule has 1 N–H and O–H groups in total. The quantitative estimate of drug-likeness (QED) is 0.917. The van der Waals surface area contributed by atoms with Gasteiger partial charge in [-0.3, -0.25) is 9.36 Å². The normalized spacial score (nSPS) is 23.1. The smallest absolute Gasteiger partial charge is 0.0870 e. The maximum Gasteiger partial charge on any atom is 0.0870 e. The Morgan fingerprint density at radius 3 is 2.83 bits per heavy atom. The number of hydrogen-bond acceptors (Lipinski definition) is 4. The van der Waals surface area contributed by atoms with Crippen molar-refractivity contribution in [2.24, 2.45) is 5.41 Å². The molecule has 2 aromatic rings. The number of nitrogens with one attached hydrogen (secondary N) is 1. The van der Waals surface area contributed by atoms with E-state index in [-0.39, 0.29) is 0 Å². The molecule has 0 bridgehead atoms. The fraction of sp³-hybridized carbons (Fsp3) is 0.706. The molecule has 2 aliphatic rings. The summed E-state index contributed by atoms with van der Waals surface area (Å²) >= 11 is 0. The lowest BCUT2D eigenvalue weighted by atomic mass is 9.97. The molecule has 0 amide bonds. The lowest BCUT2D eigenvalue weighted by molar-refractivity contribution is 0.323. The molecule has 3 heterocycles. The van der Waals surface area contributed by atoms with E-state index in [9.17, 15) is 0 Å². The van der Waals surface area contributed by atoms with Crippen LogP contribution >= 0.6 is 0 Å². The summed E-state index contributed by atoms with van der Waals surface area (Å²) in [6.45, 7) is 8.32. The number of aromatic nitrogens is 5. The molecule has 0 radical (unpaired) electrons. The van der Waals surface area contributed by atoms with Gasteiger partial charge in [0.05, 0.1) is 17.9 Å². The van der Waals surface area contributed by atoms with Gasteiger partial charge in [0.1, 0.15) is 0 Å². The third-order valence-electron chi connectivity index (χ3n) is 5.31. The number of aryl methyl sites for hydroxylation is 2. The van der Waals surface area contributed by atoms with Crippen molar-refractivity contribution < 1.29 is 0 Å². The number of piperidine rings is 1. The van der Waals surface area contributed by atoms with Crippen LogP contribution in [0.4, 0.5) is 0 Å². The Morgan fingerprint density at radius 2 is 2.17 bits per heavy atom. The summed E-state index contributed by atoms with van der Waals surface area (Å²) in [7, 11) is 0. The largest absolute Gasteiger partial charge is 0.316 e. The Kier molecular flexibility index (Phi) is 3.71. The Labute approximate surface area is 137 Å². The molecule has 1 aliphatic heterocycles. The van der Waals surface area contributed by atoms with Crippen LogP contribution in [0.15, 0.2) is 12.3 Å². The molecule has 1 saturated heterocycles. The highest BCUT2D eigenvalue weighted by molar-refractivity contribution is 5.09. The Balaban J connectivity index is 1.43. The van der Waals surface area contributed by atoms with Gasteiger partial charge in [0.15, 0.2) is 0 Å². The van der Waals surface area contributed by atoms with E-state index in [4.69, 9.17) is 0 Å². The van der Waals surface area contributed by atoms with Crippen LogP contribution in [0.25, 0.3) is 0 Å². The van der Waals surface area contributed by atoms with Crippen molar-refractivity contribution in [3.05, 3.63) is 29.3 Å². The van der Waals surface area contributed by atoms with Crippen LogP contribution < -0.4 is 5.32 Å². The molecule has 2 aromatic heterocycles. The van der Waals surface area contributed by atoms with Crippen LogP contribution in [0.2, 0.25) is 0 Å². The first-order valence-electron chi connectivity index (χ1n) is 8.75. The second-order valence-electron chi connectivity index (χ2n) is 7.47. The molecule has 0 aromatic carbocycles. The zero-order valence-electron chi connectivity index (χ0n) is 14.1.